The Hall–Kier alpha value is -1.00. The van der Waals surface area contributed by atoms with Gasteiger partial charge in [0.25, 0.3) is 0 Å². The smallest absolute Gasteiger partial charge is 0.163 e. The second-order valence-corrected chi connectivity index (χ2v) is 4.84. The second kappa shape index (κ2) is 6.25. The van der Waals surface area contributed by atoms with Crippen LogP contribution in [0.4, 0.5) is 8.78 Å². The molecular formula is C14H21F2NO. The summed E-state index contributed by atoms with van der Waals surface area (Å²) < 4.78 is 32.6. The first-order chi connectivity index (χ1) is 8.44. The van der Waals surface area contributed by atoms with Gasteiger partial charge in [-0.25, -0.2) is 8.78 Å². The van der Waals surface area contributed by atoms with Gasteiger partial charge in [-0.2, -0.15) is 0 Å². The van der Waals surface area contributed by atoms with Crippen molar-refractivity contribution in [2.75, 3.05) is 13.7 Å². The van der Waals surface area contributed by atoms with Crippen molar-refractivity contribution in [2.24, 2.45) is 0 Å². The number of ether oxygens (including phenoxy) is 1. The van der Waals surface area contributed by atoms with Crippen molar-refractivity contribution in [3.05, 3.63) is 35.4 Å². The molecule has 1 N–H and O–H groups in total. The fraction of sp³-hybridized carbons (Fsp3) is 0.571. The van der Waals surface area contributed by atoms with Crippen LogP contribution in [0.1, 0.15) is 38.8 Å². The molecule has 0 spiro atoms. The van der Waals surface area contributed by atoms with Crippen LogP contribution in [-0.2, 0) is 4.74 Å². The van der Waals surface area contributed by atoms with Crippen LogP contribution in [0.15, 0.2) is 18.2 Å². The van der Waals surface area contributed by atoms with Crippen LogP contribution in [-0.4, -0.2) is 19.3 Å². The highest BCUT2D eigenvalue weighted by Gasteiger charge is 2.32. The molecule has 1 aromatic carbocycles. The number of methoxy groups -OCH3 is 1. The highest BCUT2D eigenvalue weighted by atomic mass is 19.2. The number of nitrogens with one attached hydrogen (secondary N) is 1. The Morgan fingerprint density at radius 3 is 2.56 bits per heavy atom. The Morgan fingerprint density at radius 2 is 2.00 bits per heavy atom. The van der Waals surface area contributed by atoms with E-state index in [0.29, 0.717) is 12.1 Å². The monoisotopic (exact) mass is 257 g/mol. The van der Waals surface area contributed by atoms with Crippen molar-refractivity contribution in [1.82, 2.24) is 5.32 Å². The average molecular weight is 257 g/mol. The molecule has 0 aromatic heterocycles. The molecule has 0 aliphatic carbocycles. The van der Waals surface area contributed by atoms with Crippen molar-refractivity contribution in [1.29, 1.82) is 0 Å². The summed E-state index contributed by atoms with van der Waals surface area (Å²) in [4.78, 5) is 0. The molecule has 0 aliphatic rings. The van der Waals surface area contributed by atoms with Gasteiger partial charge >= 0.3 is 0 Å². The SMILES string of the molecule is CCCNC(c1cccc(F)c1F)C(C)(C)OC. The van der Waals surface area contributed by atoms with Crippen molar-refractivity contribution >= 4 is 0 Å². The van der Waals surface area contributed by atoms with Gasteiger partial charge in [-0.15, -0.1) is 0 Å². The molecule has 0 fully saturated rings. The molecule has 0 bridgehead atoms. The lowest BCUT2D eigenvalue weighted by Crippen LogP contribution is -2.41. The summed E-state index contributed by atoms with van der Waals surface area (Å²) in [6, 6.07) is 3.83. The van der Waals surface area contributed by atoms with E-state index in [0.717, 1.165) is 12.5 Å². The van der Waals surface area contributed by atoms with Gasteiger partial charge in [-0.05, 0) is 32.9 Å². The maximum Gasteiger partial charge on any atom is 0.163 e. The summed E-state index contributed by atoms with van der Waals surface area (Å²) in [6.07, 6.45) is 0.910. The highest BCUT2D eigenvalue weighted by molar-refractivity contribution is 5.25. The molecule has 0 aliphatic heterocycles. The van der Waals surface area contributed by atoms with E-state index in [1.165, 1.54) is 6.07 Å². The number of rotatable bonds is 6. The molecule has 1 unspecified atom stereocenters. The Morgan fingerprint density at radius 1 is 1.33 bits per heavy atom. The normalized spacial score (nSPS) is 13.7. The van der Waals surface area contributed by atoms with E-state index in [-0.39, 0.29) is 0 Å². The van der Waals surface area contributed by atoms with Crippen LogP contribution in [0.2, 0.25) is 0 Å². The first-order valence-electron chi connectivity index (χ1n) is 6.16. The molecule has 102 valence electrons. The number of hydrogen-bond acceptors (Lipinski definition) is 2. The summed E-state index contributed by atoms with van der Waals surface area (Å²) in [5, 5.41) is 3.21. The maximum atomic E-state index is 13.9. The number of halogens is 2. The van der Waals surface area contributed by atoms with Crippen LogP contribution in [0.25, 0.3) is 0 Å². The Labute approximate surface area is 107 Å². The fourth-order valence-corrected chi connectivity index (χ4v) is 1.88. The molecule has 0 saturated heterocycles. The lowest BCUT2D eigenvalue weighted by molar-refractivity contribution is -0.0121. The van der Waals surface area contributed by atoms with Gasteiger partial charge in [0.2, 0.25) is 0 Å². The highest BCUT2D eigenvalue weighted by Crippen LogP contribution is 2.30. The number of hydrogen-bond donors (Lipinski definition) is 1. The Kier molecular flexibility index (Phi) is 5.23. The van der Waals surface area contributed by atoms with E-state index in [1.807, 2.05) is 20.8 Å². The first-order valence-corrected chi connectivity index (χ1v) is 6.16. The van der Waals surface area contributed by atoms with Crippen LogP contribution in [0.5, 0.6) is 0 Å². The summed E-state index contributed by atoms with van der Waals surface area (Å²) in [5.74, 6) is -1.64. The van der Waals surface area contributed by atoms with Crippen LogP contribution >= 0.6 is 0 Å². The molecule has 2 nitrogen and oxygen atoms in total. The predicted octanol–water partition coefficient (Wildman–Crippen LogP) is 3.43. The van der Waals surface area contributed by atoms with E-state index in [4.69, 9.17) is 4.74 Å². The molecule has 1 atom stereocenters. The van der Waals surface area contributed by atoms with Gasteiger partial charge in [-0.3, -0.25) is 0 Å². The van der Waals surface area contributed by atoms with Gasteiger partial charge in [-0.1, -0.05) is 19.1 Å². The minimum atomic E-state index is -0.831. The molecule has 4 heteroatoms. The quantitative estimate of drug-likeness (QED) is 0.843. The first kappa shape index (κ1) is 15.1. The minimum Gasteiger partial charge on any atom is -0.377 e. The summed E-state index contributed by atoms with van der Waals surface area (Å²) in [7, 11) is 1.57. The van der Waals surface area contributed by atoms with Gasteiger partial charge in [0.1, 0.15) is 0 Å². The van der Waals surface area contributed by atoms with Crippen LogP contribution < -0.4 is 5.32 Å². The average Bonchev–Trinajstić information content (AvgIpc) is 2.34. The molecule has 0 saturated carbocycles. The Bertz CT molecular complexity index is 393. The zero-order valence-corrected chi connectivity index (χ0v) is 11.4. The summed E-state index contributed by atoms with van der Waals surface area (Å²) >= 11 is 0. The van der Waals surface area contributed by atoms with Crippen molar-refractivity contribution < 1.29 is 13.5 Å². The van der Waals surface area contributed by atoms with Crippen LogP contribution in [0.3, 0.4) is 0 Å². The van der Waals surface area contributed by atoms with E-state index in [2.05, 4.69) is 5.32 Å². The molecule has 0 radical (unpaired) electrons. The van der Waals surface area contributed by atoms with Crippen LogP contribution in [0, 0.1) is 11.6 Å². The molecular weight excluding hydrogens is 236 g/mol. The lowest BCUT2D eigenvalue weighted by Gasteiger charge is -2.34. The zero-order valence-electron chi connectivity index (χ0n) is 11.4. The van der Waals surface area contributed by atoms with E-state index < -0.39 is 23.3 Å². The third-order valence-corrected chi connectivity index (χ3v) is 3.11. The zero-order chi connectivity index (χ0) is 13.8. The lowest BCUT2D eigenvalue weighted by atomic mass is 9.91. The molecule has 18 heavy (non-hydrogen) atoms. The summed E-state index contributed by atoms with van der Waals surface area (Å²) in [6.45, 7) is 6.44. The molecule has 1 rings (SSSR count). The Balaban J connectivity index is 3.13. The minimum absolute atomic E-state index is 0.301. The maximum absolute atomic E-state index is 13.9. The van der Waals surface area contributed by atoms with Crippen molar-refractivity contribution in [2.45, 2.75) is 38.8 Å². The van der Waals surface area contributed by atoms with Gasteiger partial charge in [0.15, 0.2) is 11.6 Å². The van der Waals surface area contributed by atoms with E-state index in [1.54, 1.807) is 13.2 Å². The number of benzene rings is 1. The third kappa shape index (κ3) is 3.27. The molecule has 0 amide bonds. The second-order valence-electron chi connectivity index (χ2n) is 4.84. The van der Waals surface area contributed by atoms with Crippen molar-refractivity contribution in [3.8, 4) is 0 Å². The molecule has 1 aromatic rings. The standard InChI is InChI=1S/C14H21F2NO/c1-5-9-17-13(14(2,3)18-4)10-7-6-8-11(15)12(10)16/h6-8,13,17H,5,9H2,1-4H3. The predicted molar refractivity (Wildman–Crippen MR) is 68.5 cm³/mol. The largest absolute Gasteiger partial charge is 0.377 e. The van der Waals surface area contributed by atoms with E-state index in [9.17, 15) is 8.78 Å². The molecule has 0 heterocycles. The topological polar surface area (TPSA) is 21.3 Å². The summed E-state index contributed by atoms with van der Waals surface area (Å²) in [5.41, 5.74) is -0.320. The van der Waals surface area contributed by atoms with Gasteiger partial charge in [0.05, 0.1) is 11.6 Å². The van der Waals surface area contributed by atoms with Gasteiger partial charge < -0.3 is 10.1 Å². The fourth-order valence-electron chi connectivity index (χ4n) is 1.88. The third-order valence-electron chi connectivity index (χ3n) is 3.11. The van der Waals surface area contributed by atoms with Crippen molar-refractivity contribution in [3.63, 3.8) is 0 Å². The van der Waals surface area contributed by atoms with E-state index >= 15 is 0 Å². The van der Waals surface area contributed by atoms with Gasteiger partial charge in [0, 0.05) is 12.7 Å².